The molecule has 128 valence electrons. The van der Waals surface area contributed by atoms with Crippen LogP contribution in [0.15, 0.2) is 47.1 Å². The van der Waals surface area contributed by atoms with Crippen LogP contribution in [-0.2, 0) is 0 Å². The van der Waals surface area contributed by atoms with Gasteiger partial charge in [0.1, 0.15) is 5.76 Å². The van der Waals surface area contributed by atoms with Crippen LogP contribution >= 0.6 is 0 Å². The molecule has 1 N–H and O–H groups in total. The number of rotatable bonds is 5. The Bertz CT molecular complexity index is 648. The van der Waals surface area contributed by atoms with E-state index in [1.165, 1.54) is 0 Å². The smallest absolute Gasteiger partial charge is 0.321 e. The van der Waals surface area contributed by atoms with Gasteiger partial charge in [-0.05, 0) is 55.9 Å². The molecule has 1 aliphatic rings. The van der Waals surface area contributed by atoms with E-state index in [9.17, 15) is 4.79 Å². The monoisotopic (exact) mass is 327 g/mol. The minimum absolute atomic E-state index is 0.0181. The van der Waals surface area contributed by atoms with Crippen molar-refractivity contribution in [1.29, 1.82) is 0 Å². The lowest BCUT2D eigenvalue weighted by Crippen LogP contribution is -2.39. The van der Waals surface area contributed by atoms with Crippen LogP contribution in [0, 0.1) is 0 Å². The second-order valence-corrected chi connectivity index (χ2v) is 6.09. The Morgan fingerprint density at radius 3 is 2.62 bits per heavy atom. The number of carbonyl (C=O) groups is 1. The maximum atomic E-state index is 12.5. The Kier molecular flexibility index (Phi) is 5.20. The van der Waals surface area contributed by atoms with Crippen molar-refractivity contribution < 1.29 is 9.21 Å². The van der Waals surface area contributed by atoms with E-state index in [0.29, 0.717) is 6.04 Å². The zero-order valence-corrected chi connectivity index (χ0v) is 14.4. The molecule has 0 radical (unpaired) electrons. The maximum Gasteiger partial charge on any atom is 0.321 e. The highest BCUT2D eigenvalue weighted by molar-refractivity contribution is 5.89. The first kappa shape index (κ1) is 16.6. The number of urea groups is 1. The summed E-state index contributed by atoms with van der Waals surface area (Å²) in [5.74, 6) is 0.828. The molecule has 0 aliphatic carbocycles. The summed E-state index contributed by atoms with van der Waals surface area (Å²) in [6.07, 6.45) is 2.71. The van der Waals surface area contributed by atoms with Gasteiger partial charge in [-0.1, -0.05) is 13.8 Å². The van der Waals surface area contributed by atoms with Crippen LogP contribution < -0.4 is 5.32 Å². The average molecular weight is 327 g/mol. The van der Waals surface area contributed by atoms with E-state index in [1.54, 1.807) is 6.26 Å². The first-order valence-corrected chi connectivity index (χ1v) is 8.65. The van der Waals surface area contributed by atoms with E-state index in [1.807, 2.05) is 41.3 Å². The summed E-state index contributed by atoms with van der Waals surface area (Å²) in [6, 6.07) is 12.0. The van der Waals surface area contributed by atoms with Gasteiger partial charge in [-0.15, -0.1) is 0 Å². The SMILES string of the molecule is CCN(CC)C1CCN(C(=O)Nc2ccc(-c3ccco3)cc2)C1. The van der Waals surface area contributed by atoms with Crippen molar-refractivity contribution in [2.24, 2.45) is 0 Å². The van der Waals surface area contributed by atoms with Gasteiger partial charge in [0.25, 0.3) is 0 Å². The van der Waals surface area contributed by atoms with Gasteiger partial charge < -0.3 is 14.6 Å². The number of likely N-dealkylation sites (N-methyl/N-ethyl adjacent to an activating group) is 1. The molecule has 0 saturated carbocycles. The predicted octanol–water partition coefficient (Wildman–Crippen LogP) is 3.89. The fourth-order valence-electron chi connectivity index (χ4n) is 3.33. The fourth-order valence-corrected chi connectivity index (χ4v) is 3.33. The zero-order chi connectivity index (χ0) is 16.9. The number of hydrogen-bond acceptors (Lipinski definition) is 3. The third kappa shape index (κ3) is 3.62. The number of anilines is 1. The van der Waals surface area contributed by atoms with E-state index in [4.69, 9.17) is 4.42 Å². The van der Waals surface area contributed by atoms with Gasteiger partial charge in [-0.25, -0.2) is 4.79 Å². The molecule has 5 heteroatoms. The molecule has 0 spiro atoms. The highest BCUT2D eigenvalue weighted by atomic mass is 16.3. The molecule has 2 amide bonds. The summed E-state index contributed by atoms with van der Waals surface area (Å²) in [7, 11) is 0. The number of benzene rings is 1. The van der Waals surface area contributed by atoms with Crippen LogP contribution in [0.5, 0.6) is 0 Å². The summed E-state index contributed by atoms with van der Waals surface area (Å²) in [6.45, 7) is 8.03. The standard InChI is InChI=1S/C19H25N3O2/c1-3-21(4-2)17-11-12-22(14-17)19(23)20-16-9-7-15(8-10-16)18-6-5-13-24-18/h5-10,13,17H,3-4,11-12,14H2,1-2H3,(H,20,23). The van der Waals surface area contributed by atoms with E-state index < -0.39 is 0 Å². The predicted molar refractivity (Wildman–Crippen MR) is 96.1 cm³/mol. The van der Waals surface area contributed by atoms with Crippen LogP contribution in [0.2, 0.25) is 0 Å². The number of carbonyl (C=O) groups excluding carboxylic acids is 1. The Hall–Kier alpha value is -2.27. The molecule has 1 saturated heterocycles. The quantitative estimate of drug-likeness (QED) is 0.906. The highest BCUT2D eigenvalue weighted by Crippen LogP contribution is 2.22. The van der Waals surface area contributed by atoms with E-state index in [-0.39, 0.29) is 6.03 Å². The van der Waals surface area contributed by atoms with Crippen molar-refractivity contribution in [3.63, 3.8) is 0 Å². The third-order valence-electron chi connectivity index (χ3n) is 4.72. The summed E-state index contributed by atoms with van der Waals surface area (Å²) in [4.78, 5) is 16.8. The normalized spacial score (nSPS) is 17.5. The first-order valence-electron chi connectivity index (χ1n) is 8.65. The minimum Gasteiger partial charge on any atom is -0.464 e. The molecule has 1 aliphatic heterocycles. The Balaban J connectivity index is 1.57. The Morgan fingerprint density at radius 1 is 1.25 bits per heavy atom. The van der Waals surface area contributed by atoms with Gasteiger partial charge in [0.15, 0.2) is 0 Å². The lowest BCUT2D eigenvalue weighted by atomic mass is 10.1. The maximum absolute atomic E-state index is 12.5. The number of hydrogen-bond donors (Lipinski definition) is 1. The summed E-state index contributed by atoms with van der Waals surface area (Å²) >= 11 is 0. The summed E-state index contributed by atoms with van der Waals surface area (Å²) in [5, 5.41) is 2.99. The van der Waals surface area contributed by atoms with Gasteiger partial charge in [0.2, 0.25) is 0 Å². The molecule has 1 unspecified atom stereocenters. The Labute approximate surface area is 143 Å². The number of amides is 2. The van der Waals surface area contributed by atoms with E-state index in [2.05, 4.69) is 24.1 Å². The van der Waals surface area contributed by atoms with Crippen LogP contribution in [0.4, 0.5) is 10.5 Å². The second-order valence-electron chi connectivity index (χ2n) is 6.09. The van der Waals surface area contributed by atoms with Crippen molar-refractivity contribution in [1.82, 2.24) is 9.80 Å². The van der Waals surface area contributed by atoms with Gasteiger partial charge in [-0.2, -0.15) is 0 Å². The Morgan fingerprint density at radius 2 is 2.00 bits per heavy atom. The number of furan rings is 1. The molecule has 24 heavy (non-hydrogen) atoms. The van der Waals surface area contributed by atoms with Crippen molar-refractivity contribution in [3.05, 3.63) is 42.7 Å². The number of likely N-dealkylation sites (tertiary alicyclic amines) is 1. The molecule has 2 heterocycles. The molecule has 1 aromatic heterocycles. The molecule has 1 aromatic carbocycles. The van der Waals surface area contributed by atoms with Crippen LogP contribution in [-0.4, -0.2) is 48.1 Å². The molecule has 0 bridgehead atoms. The van der Waals surface area contributed by atoms with Gasteiger partial charge >= 0.3 is 6.03 Å². The molecule has 1 atom stereocenters. The van der Waals surface area contributed by atoms with Crippen molar-refractivity contribution in [2.45, 2.75) is 26.3 Å². The van der Waals surface area contributed by atoms with Crippen molar-refractivity contribution >= 4 is 11.7 Å². The minimum atomic E-state index is -0.0181. The molecule has 5 nitrogen and oxygen atoms in total. The number of nitrogens with zero attached hydrogens (tertiary/aromatic N) is 2. The third-order valence-corrected chi connectivity index (χ3v) is 4.72. The molecular formula is C19H25N3O2. The average Bonchev–Trinajstić information content (AvgIpc) is 3.29. The summed E-state index contributed by atoms with van der Waals surface area (Å²) < 4.78 is 5.38. The van der Waals surface area contributed by atoms with Crippen LogP contribution in [0.1, 0.15) is 20.3 Å². The topological polar surface area (TPSA) is 48.7 Å². The molecule has 3 rings (SSSR count). The van der Waals surface area contributed by atoms with Gasteiger partial charge in [0.05, 0.1) is 6.26 Å². The molecule has 2 aromatic rings. The van der Waals surface area contributed by atoms with E-state index in [0.717, 1.165) is 49.6 Å². The largest absolute Gasteiger partial charge is 0.464 e. The fraction of sp³-hybridized carbons (Fsp3) is 0.421. The van der Waals surface area contributed by atoms with E-state index >= 15 is 0 Å². The molecule has 1 fully saturated rings. The molecular weight excluding hydrogens is 302 g/mol. The van der Waals surface area contributed by atoms with Crippen LogP contribution in [0.25, 0.3) is 11.3 Å². The lowest BCUT2D eigenvalue weighted by Gasteiger charge is -2.26. The highest BCUT2D eigenvalue weighted by Gasteiger charge is 2.29. The van der Waals surface area contributed by atoms with Gasteiger partial charge in [0, 0.05) is 30.4 Å². The van der Waals surface area contributed by atoms with Crippen molar-refractivity contribution in [3.8, 4) is 11.3 Å². The van der Waals surface area contributed by atoms with Crippen molar-refractivity contribution in [2.75, 3.05) is 31.5 Å². The number of nitrogens with one attached hydrogen (secondary N) is 1. The van der Waals surface area contributed by atoms with Gasteiger partial charge in [-0.3, -0.25) is 4.90 Å². The lowest BCUT2D eigenvalue weighted by molar-refractivity contribution is 0.202. The second kappa shape index (κ2) is 7.53. The summed E-state index contributed by atoms with van der Waals surface area (Å²) in [5.41, 5.74) is 1.81. The first-order chi connectivity index (χ1) is 11.7. The zero-order valence-electron chi connectivity index (χ0n) is 14.4. The van der Waals surface area contributed by atoms with Crippen LogP contribution in [0.3, 0.4) is 0 Å².